The number of primary amides is 1. The second-order valence-electron chi connectivity index (χ2n) is 10.6. The van der Waals surface area contributed by atoms with Crippen LogP contribution in [0, 0.1) is 11.3 Å². The molecule has 1 heterocycles. The molecule has 2 aromatic rings. The van der Waals surface area contributed by atoms with Crippen LogP contribution in [0.4, 0.5) is 5.69 Å². The van der Waals surface area contributed by atoms with Crippen LogP contribution in [0.5, 0.6) is 0 Å². The summed E-state index contributed by atoms with van der Waals surface area (Å²) in [6.45, 7) is 4.24. The fourth-order valence-corrected chi connectivity index (χ4v) is 5.29. The Hall–Kier alpha value is -2.67. The first kappa shape index (κ1) is 21.2. The fourth-order valence-electron chi connectivity index (χ4n) is 5.29. The fraction of sp³-hybridized carbons (Fsp3) is 0.560. The smallest absolute Gasteiger partial charge is 0.250 e. The Bertz CT molecular complexity index is 1080. The Labute approximate surface area is 188 Å². The van der Waals surface area contributed by atoms with Crippen LogP contribution in [0.1, 0.15) is 84.5 Å². The van der Waals surface area contributed by atoms with E-state index in [1.165, 1.54) is 12.8 Å². The van der Waals surface area contributed by atoms with Gasteiger partial charge in [-0.3, -0.25) is 9.59 Å². The maximum absolute atomic E-state index is 13.1. The lowest BCUT2D eigenvalue weighted by atomic mass is 9.75. The van der Waals surface area contributed by atoms with Crippen LogP contribution in [0.15, 0.2) is 18.2 Å². The molecule has 0 aliphatic heterocycles. The topological polar surface area (TPSA) is 110 Å². The summed E-state index contributed by atoms with van der Waals surface area (Å²) in [6.07, 6.45) is 6.65. The molecule has 32 heavy (non-hydrogen) atoms. The lowest BCUT2D eigenvalue weighted by molar-refractivity contribution is 0.0909. The SMILES string of the molecule is CC1(C)CC(=O)c2c(CC3CC3)nn(-c3ccc(C(N)=O)c(N[C@H]4CCC[C@@H]4O)c3)c2C1. The number of nitrogens with two attached hydrogens (primary N) is 1. The molecule has 0 bridgehead atoms. The molecule has 0 unspecified atom stereocenters. The average Bonchev–Trinajstić information content (AvgIpc) is 3.33. The van der Waals surface area contributed by atoms with Crippen LogP contribution in [-0.4, -0.2) is 38.7 Å². The first-order chi connectivity index (χ1) is 15.2. The molecule has 2 atom stereocenters. The van der Waals surface area contributed by atoms with Gasteiger partial charge in [-0.15, -0.1) is 0 Å². The molecule has 3 aliphatic carbocycles. The number of fused-ring (bicyclic) bond motifs is 1. The van der Waals surface area contributed by atoms with Crippen molar-refractivity contribution in [3.8, 4) is 5.69 Å². The van der Waals surface area contributed by atoms with Crippen molar-refractivity contribution in [1.29, 1.82) is 0 Å². The second kappa shape index (κ2) is 7.73. The van der Waals surface area contributed by atoms with Crippen molar-refractivity contribution in [3.05, 3.63) is 40.7 Å². The highest BCUT2D eigenvalue weighted by Crippen LogP contribution is 2.40. The minimum Gasteiger partial charge on any atom is -0.391 e. The van der Waals surface area contributed by atoms with Gasteiger partial charge < -0.3 is 16.2 Å². The van der Waals surface area contributed by atoms with Gasteiger partial charge in [0, 0.05) is 12.1 Å². The summed E-state index contributed by atoms with van der Waals surface area (Å²) in [7, 11) is 0. The number of aliphatic hydroxyl groups excluding tert-OH is 1. The lowest BCUT2D eigenvalue weighted by Gasteiger charge is -2.29. The highest BCUT2D eigenvalue weighted by atomic mass is 16.3. The first-order valence-corrected chi connectivity index (χ1v) is 11.7. The molecule has 5 rings (SSSR count). The van der Waals surface area contributed by atoms with Gasteiger partial charge >= 0.3 is 0 Å². The second-order valence-corrected chi connectivity index (χ2v) is 10.6. The van der Waals surface area contributed by atoms with Gasteiger partial charge in [0.1, 0.15) is 0 Å². The molecule has 1 aromatic carbocycles. The number of anilines is 1. The van der Waals surface area contributed by atoms with Crippen LogP contribution in [-0.2, 0) is 12.8 Å². The number of carbonyl (C=O) groups excluding carboxylic acids is 2. The number of hydrogen-bond acceptors (Lipinski definition) is 5. The predicted molar refractivity (Wildman–Crippen MR) is 122 cm³/mol. The van der Waals surface area contributed by atoms with E-state index in [0.29, 0.717) is 23.6 Å². The van der Waals surface area contributed by atoms with Crippen molar-refractivity contribution < 1.29 is 14.7 Å². The van der Waals surface area contributed by atoms with E-state index in [2.05, 4.69) is 19.2 Å². The summed E-state index contributed by atoms with van der Waals surface area (Å²) in [4.78, 5) is 25.2. The summed E-state index contributed by atoms with van der Waals surface area (Å²) < 4.78 is 1.90. The van der Waals surface area contributed by atoms with Crippen molar-refractivity contribution in [2.45, 2.75) is 77.4 Å². The van der Waals surface area contributed by atoms with E-state index >= 15 is 0 Å². The van der Waals surface area contributed by atoms with Gasteiger partial charge in [-0.1, -0.05) is 13.8 Å². The Morgan fingerprint density at radius 3 is 2.69 bits per heavy atom. The van der Waals surface area contributed by atoms with E-state index in [-0.39, 0.29) is 17.2 Å². The highest BCUT2D eigenvalue weighted by Gasteiger charge is 2.38. The van der Waals surface area contributed by atoms with E-state index in [4.69, 9.17) is 10.8 Å². The Morgan fingerprint density at radius 1 is 1.25 bits per heavy atom. The molecule has 7 heteroatoms. The molecule has 2 saturated carbocycles. The standard InChI is InChI=1S/C25H32N4O3/c1-25(2)12-20-23(22(31)13-25)19(10-14-6-7-14)28-29(20)15-8-9-16(24(26)32)18(11-15)27-17-4-3-5-21(17)30/h8-9,11,14,17,21,27,30H,3-7,10,12-13H2,1-2H3,(H2,26,32)/t17-,21-/m0/s1. The van der Waals surface area contributed by atoms with Crippen LogP contribution >= 0.6 is 0 Å². The van der Waals surface area contributed by atoms with E-state index in [1.807, 2.05) is 16.8 Å². The van der Waals surface area contributed by atoms with Gasteiger partial charge in [0.25, 0.3) is 5.91 Å². The van der Waals surface area contributed by atoms with E-state index in [9.17, 15) is 14.7 Å². The van der Waals surface area contributed by atoms with Gasteiger partial charge in [-0.05, 0) is 74.5 Å². The minimum absolute atomic E-state index is 0.110. The number of hydrogen-bond donors (Lipinski definition) is 3. The number of nitrogens with zero attached hydrogens (tertiary/aromatic N) is 2. The molecule has 2 fully saturated rings. The zero-order valence-corrected chi connectivity index (χ0v) is 18.9. The summed E-state index contributed by atoms with van der Waals surface area (Å²) in [5.74, 6) is 0.294. The molecule has 4 N–H and O–H groups in total. The van der Waals surface area contributed by atoms with Gasteiger partial charge in [0.05, 0.1) is 40.3 Å². The average molecular weight is 437 g/mol. The zero-order chi connectivity index (χ0) is 22.6. The maximum atomic E-state index is 13.1. The van der Waals surface area contributed by atoms with Gasteiger partial charge in [-0.25, -0.2) is 4.68 Å². The lowest BCUT2D eigenvalue weighted by Crippen LogP contribution is -2.29. The first-order valence-electron chi connectivity index (χ1n) is 11.7. The summed E-state index contributed by atoms with van der Waals surface area (Å²) in [5.41, 5.74) is 9.97. The summed E-state index contributed by atoms with van der Waals surface area (Å²) in [6, 6.07) is 5.33. The molecule has 170 valence electrons. The van der Waals surface area contributed by atoms with Crippen molar-refractivity contribution in [3.63, 3.8) is 0 Å². The Morgan fingerprint density at radius 2 is 2.03 bits per heavy atom. The van der Waals surface area contributed by atoms with Crippen molar-refractivity contribution in [2.24, 2.45) is 17.1 Å². The molecule has 3 aliphatic rings. The van der Waals surface area contributed by atoms with Gasteiger partial charge in [0.15, 0.2) is 5.78 Å². The molecule has 0 spiro atoms. The minimum atomic E-state index is -0.514. The molecular formula is C25H32N4O3. The number of benzene rings is 1. The normalized spacial score (nSPS) is 24.4. The third-order valence-corrected chi connectivity index (χ3v) is 7.13. The third kappa shape index (κ3) is 3.94. The summed E-state index contributed by atoms with van der Waals surface area (Å²) >= 11 is 0. The maximum Gasteiger partial charge on any atom is 0.250 e. The van der Waals surface area contributed by atoms with Crippen molar-refractivity contribution in [2.75, 3.05) is 5.32 Å². The predicted octanol–water partition coefficient (Wildman–Crippen LogP) is 3.40. The van der Waals surface area contributed by atoms with Crippen LogP contribution in [0.2, 0.25) is 0 Å². The number of aliphatic hydroxyl groups is 1. The van der Waals surface area contributed by atoms with E-state index < -0.39 is 12.0 Å². The summed E-state index contributed by atoms with van der Waals surface area (Å²) in [5, 5.41) is 18.5. The Balaban J connectivity index is 1.59. The van der Waals surface area contributed by atoms with Crippen LogP contribution < -0.4 is 11.1 Å². The monoisotopic (exact) mass is 436 g/mol. The Kier molecular flexibility index (Phi) is 5.12. The number of carbonyl (C=O) groups is 2. The molecule has 0 radical (unpaired) electrons. The van der Waals surface area contributed by atoms with Gasteiger partial charge in [-0.2, -0.15) is 5.10 Å². The van der Waals surface area contributed by atoms with Crippen LogP contribution in [0.3, 0.4) is 0 Å². The largest absolute Gasteiger partial charge is 0.391 e. The molecule has 1 aromatic heterocycles. The van der Waals surface area contributed by atoms with E-state index in [0.717, 1.165) is 54.7 Å². The number of aromatic nitrogens is 2. The van der Waals surface area contributed by atoms with Crippen molar-refractivity contribution in [1.82, 2.24) is 9.78 Å². The number of nitrogens with one attached hydrogen (secondary N) is 1. The number of amides is 1. The zero-order valence-electron chi connectivity index (χ0n) is 18.9. The molecule has 1 amide bonds. The number of ketones is 1. The van der Waals surface area contributed by atoms with Crippen molar-refractivity contribution >= 4 is 17.4 Å². The molecular weight excluding hydrogens is 404 g/mol. The number of rotatable bonds is 6. The quantitative estimate of drug-likeness (QED) is 0.643. The molecule has 0 saturated heterocycles. The highest BCUT2D eigenvalue weighted by molar-refractivity contribution is 6.00. The molecule has 7 nitrogen and oxygen atoms in total. The number of Topliss-reactive ketones (excluding diaryl/α,β-unsaturated/α-hetero) is 1. The van der Waals surface area contributed by atoms with E-state index in [1.54, 1.807) is 6.07 Å². The third-order valence-electron chi connectivity index (χ3n) is 7.13. The van der Waals surface area contributed by atoms with Gasteiger partial charge in [0.2, 0.25) is 0 Å². The van der Waals surface area contributed by atoms with Crippen LogP contribution in [0.25, 0.3) is 5.69 Å².